The normalized spacial score (nSPS) is 16.4. The van der Waals surface area contributed by atoms with Crippen LogP contribution in [0.5, 0.6) is 0 Å². The molecule has 1 aliphatic rings. The van der Waals surface area contributed by atoms with Gasteiger partial charge in [0.25, 0.3) is 5.91 Å². The van der Waals surface area contributed by atoms with E-state index in [2.05, 4.69) is 0 Å². The Labute approximate surface area is 163 Å². The van der Waals surface area contributed by atoms with Gasteiger partial charge >= 0.3 is 0 Å². The van der Waals surface area contributed by atoms with E-state index in [9.17, 15) is 13.2 Å². The number of nitrogens with zero attached hydrogens (tertiary/aromatic N) is 1. The van der Waals surface area contributed by atoms with Crippen molar-refractivity contribution in [1.29, 1.82) is 0 Å². The first-order valence-electron chi connectivity index (χ1n) is 8.71. The maximum absolute atomic E-state index is 13.1. The summed E-state index contributed by atoms with van der Waals surface area (Å²) in [5.41, 5.74) is 3.05. The maximum Gasteiger partial charge on any atom is 0.268 e. The van der Waals surface area contributed by atoms with Crippen molar-refractivity contribution in [2.45, 2.75) is 35.4 Å². The van der Waals surface area contributed by atoms with Gasteiger partial charge in [-0.25, -0.2) is 8.42 Å². The first kappa shape index (κ1) is 17.9. The predicted molar refractivity (Wildman–Crippen MR) is 107 cm³/mol. The first-order valence-corrected chi connectivity index (χ1v) is 11.0. The second-order valence-electron chi connectivity index (χ2n) is 6.79. The van der Waals surface area contributed by atoms with Gasteiger partial charge in [0.1, 0.15) is 4.21 Å². The van der Waals surface area contributed by atoms with Gasteiger partial charge in [0.15, 0.2) is 0 Å². The molecule has 0 unspecified atom stereocenters. The average molecular weight is 398 g/mol. The number of carbonyl (C=O) groups excluding carboxylic acids is 1. The average Bonchev–Trinajstić information content (AvgIpc) is 3.26. The zero-order valence-electron chi connectivity index (χ0n) is 15.0. The van der Waals surface area contributed by atoms with E-state index >= 15 is 0 Å². The Bertz CT molecular complexity index is 1110. The number of benzene rings is 2. The van der Waals surface area contributed by atoms with E-state index in [0.29, 0.717) is 4.88 Å². The lowest BCUT2D eigenvalue weighted by atomic mass is 10.1. The highest BCUT2D eigenvalue weighted by Crippen LogP contribution is 2.35. The van der Waals surface area contributed by atoms with E-state index in [1.165, 1.54) is 6.07 Å². The number of hydrogen-bond donors (Lipinski definition) is 0. The van der Waals surface area contributed by atoms with Crippen LogP contribution < -0.4 is 4.90 Å². The van der Waals surface area contributed by atoms with Crippen LogP contribution in [-0.4, -0.2) is 20.4 Å². The molecule has 0 saturated heterocycles. The van der Waals surface area contributed by atoms with Crippen LogP contribution >= 0.6 is 11.3 Å². The van der Waals surface area contributed by atoms with Crippen molar-refractivity contribution in [3.63, 3.8) is 0 Å². The Kier molecular flexibility index (Phi) is 4.40. The van der Waals surface area contributed by atoms with Gasteiger partial charge in [-0.15, -0.1) is 11.3 Å². The molecule has 0 saturated carbocycles. The zero-order valence-corrected chi connectivity index (χ0v) is 16.7. The van der Waals surface area contributed by atoms with Crippen molar-refractivity contribution in [2.24, 2.45) is 0 Å². The Hall–Kier alpha value is -2.44. The Morgan fingerprint density at radius 1 is 1.04 bits per heavy atom. The Morgan fingerprint density at radius 2 is 1.74 bits per heavy atom. The molecule has 2 aromatic carbocycles. The fourth-order valence-corrected chi connectivity index (χ4v) is 6.05. The third kappa shape index (κ3) is 3.09. The summed E-state index contributed by atoms with van der Waals surface area (Å²) in [5, 5.41) is 0. The minimum Gasteiger partial charge on any atom is -0.304 e. The van der Waals surface area contributed by atoms with E-state index in [-0.39, 0.29) is 21.1 Å². The van der Waals surface area contributed by atoms with Gasteiger partial charge in [0.05, 0.1) is 9.77 Å². The summed E-state index contributed by atoms with van der Waals surface area (Å²) in [6.07, 6.45) is 0.807. The summed E-state index contributed by atoms with van der Waals surface area (Å²) in [5.74, 6) is -0.150. The SMILES string of the molecule is Cc1ccc(S(=O)(=O)c2ccc(C(=O)N3c4ccccc4C[C@H]3C)s2)cc1. The van der Waals surface area contributed by atoms with Crippen molar-refractivity contribution in [3.8, 4) is 0 Å². The highest BCUT2D eigenvalue weighted by atomic mass is 32.2. The fourth-order valence-electron chi connectivity index (χ4n) is 3.41. The molecular weight excluding hydrogens is 378 g/mol. The predicted octanol–water partition coefficient (Wildman–Crippen LogP) is 4.48. The maximum atomic E-state index is 13.1. The van der Waals surface area contributed by atoms with Gasteiger partial charge < -0.3 is 4.90 Å². The third-order valence-corrected chi connectivity index (χ3v) is 8.15. The zero-order chi connectivity index (χ0) is 19.2. The van der Waals surface area contributed by atoms with Crippen LogP contribution in [0, 0.1) is 6.92 Å². The van der Waals surface area contributed by atoms with Crippen LogP contribution in [-0.2, 0) is 16.3 Å². The number of para-hydroxylation sites is 1. The number of aryl methyl sites for hydroxylation is 1. The van der Waals surface area contributed by atoms with E-state index in [1.807, 2.05) is 38.1 Å². The summed E-state index contributed by atoms with van der Waals surface area (Å²) in [6, 6.07) is 17.8. The molecule has 1 amide bonds. The molecule has 1 atom stereocenters. The van der Waals surface area contributed by atoms with Gasteiger partial charge in [0.2, 0.25) is 9.84 Å². The van der Waals surface area contributed by atoms with Gasteiger partial charge in [-0.1, -0.05) is 35.9 Å². The van der Waals surface area contributed by atoms with Crippen LogP contribution in [0.1, 0.15) is 27.7 Å². The number of fused-ring (bicyclic) bond motifs is 1. The van der Waals surface area contributed by atoms with Gasteiger partial charge in [-0.3, -0.25) is 4.79 Å². The molecule has 3 aromatic rings. The van der Waals surface area contributed by atoms with Crippen LogP contribution in [0.15, 0.2) is 69.8 Å². The largest absolute Gasteiger partial charge is 0.304 e. The van der Waals surface area contributed by atoms with Crippen molar-refractivity contribution in [2.75, 3.05) is 4.90 Å². The molecule has 4 nitrogen and oxygen atoms in total. The fraction of sp³-hybridized carbons (Fsp3) is 0.190. The van der Waals surface area contributed by atoms with Gasteiger partial charge in [0, 0.05) is 11.7 Å². The second-order valence-corrected chi connectivity index (χ2v) is 10.1. The molecule has 1 aromatic heterocycles. The molecule has 1 aliphatic heterocycles. The lowest BCUT2D eigenvalue weighted by Gasteiger charge is -2.21. The highest BCUT2D eigenvalue weighted by Gasteiger charge is 2.32. The summed E-state index contributed by atoms with van der Waals surface area (Å²) in [6.45, 7) is 3.92. The van der Waals surface area contributed by atoms with Crippen LogP contribution in [0.3, 0.4) is 0 Å². The number of carbonyl (C=O) groups is 1. The molecule has 0 aliphatic carbocycles. The van der Waals surface area contributed by atoms with Crippen LogP contribution in [0.25, 0.3) is 0 Å². The quantitative estimate of drug-likeness (QED) is 0.655. The molecule has 0 N–H and O–H groups in total. The Balaban J connectivity index is 1.67. The minimum atomic E-state index is -3.62. The number of thiophene rings is 1. The summed E-state index contributed by atoms with van der Waals surface area (Å²) in [4.78, 5) is 15.5. The number of anilines is 1. The monoisotopic (exact) mass is 397 g/mol. The van der Waals surface area contributed by atoms with Crippen molar-refractivity contribution < 1.29 is 13.2 Å². The molecule has 0 fully saturated rings. The Morgan fingerprint density at radius 3 is 2.48 bits per heavy atom. The summed E-state index contributed by atoms with van der Waals surface area (Å²) in [7, 11) is -3.62. The molecule has 138 valence electrons. The topological polar surface area (TPSA) is 54.5 Å². The summed E-state index contributed by atoms with van der Waals surface area (Å²) < 4.78 is 25.9. The first-order chi connectivity index (χ1) is 12.9. The van der Waals surface area contributed by atoms with Crippen molar-refractivity contribution in [1.82, 2.24) is 0 Å². The lowest BCUT2D eigenvalue weighted by Crippen LogP contribution is -2.35. The summed E-state index contributed by atoms with van der Waals surface area (Å²) >= 11 is 1.03. The number of amides is 1. The minimum absolute atomic E-state index is 0.0501. The molecule has 0 spiro atoms. The van der Waals surface area contributed by atoms with E-state index < -0.39 is 9.84 Å². The smallest absolute Gasteiger partial charge is 0.268 e. The molecule has 0 radical (unpaired) electrons. The standard InChI is InChI=1S/C21H19NO3S2/c1-14-7-9-17(10-8-14)27(24,25)20-12-11-19(26-20)21(23)22-15(2)13-16-5-3-4-6-18(16)22/h3-12,15H,13H2,1-2H3/t15-/m1/s1. The van der Waals surface area contributed by atoms with Crippen LogP contribution in [0.4, 0.5) is 5.69 Å². The van der Waals surface area contributed by atoms with Crippen LogP contribution in [0.2, 0.25) is 0 Å². The molecule has 6 heteroatoms. The molecule has 27 heavy (non-hydrogen) atoms. The third-order valence-electron chi connectivity index (χ3n) is 4.81. The second kappa shape index (κ2) is 6.62. The molecule has 0 bridgehead atoms. The molecule has 4 rings (SSSR count). The van der Waals surface area contributed by atoms with Crippen molar-refractivity contribution >= 4 is 32.8 Å². The van der Waals surface area contributed by atoms with E-state index in [1.54, 1.807) is 35.2 Å². The molecular formula is C21H19NO3S2. The van der Waals surface area contributed by atoms with E-state index in [0.717, 1.165) is 34.6 Å². The van der Waals surface area contributed by atoms with Gasteiger partial charge in [-0.2, -0.15) is 0 Å². The number of hydrogen-bond acceptors (Lipinski definition) is 4. The van der Waals surface area contributed by atoms with Crippen molar-refractivity contribution in [3.05, 3.63) is 76.7 Å². The van der Waals surface area contributed by atoms with E-state index in [4.69, 9.17) is 0 Å². The van der Waals surface area contributed by atoms with Gasteiger partial charge in [-0.05, 0) is 56.2 Å². The number of rotatable bonds is 3. The number of sulfone groups is 1. The molecule has 2 heterocycles. The highest BCUT2D eigenvalue weighted by molar-refractivity contribution is 7.93. The lowest BCUT2D eigenvalue weighted by molar-refractivity contribution is 0.0985.